The van der Waals surface area contributed by atoms with Crippen molar-refractivity contribution in [3.05, 3.63) is 6.92 Å². The highest BCUT2D eigenvalue weighted by molar-refractivity contribution is 4.83. The van der Waals surface area contributed by atoms with E-state index >= 15 is 0 Å². The van der Waals surface area contributed by atoms with E-state index in [0.29, 0.717) is 13.0 Å². The minimum Gasteiger partial charge on any atom is -0.392 e. The van der Waals surface area contributed by atoms with Gasteiger partial charge in [0.15, 0.2) is 0 Å². The van der Waals surface area contributed by atoms with Crippen LogP contribution in [0.5, 0.6) is 0 Å². The molecule has 0 amide bonds. The lowest BCUT2D eigenvalue weighted by Gasteiger charge is -2.27. The summed E-state index contributed by atoms with van der Waals surface area (Å²) in [4.78, 5) is 0. The number of aliphatic hydroxyl groups excluding tert-OH is 2. The van der Waals surface area contributed by atoms with Crippen molar-refractivity contribution in [2.24, 2.45) is 0 Å². The van der Waals surface area contributed by atoms with Gasteiger partial charge in [0.25, 0.3) is 0 Å². The Labute approximate surface area is 195 Å². The third-order valence-electron chi connectivity index (χ3n) is 6.55. The van der Waals surface area contributed by atoms with Crippen LogP contribution in [0.2, 0.25) is 0 Å². The third kappa shape index (κ3) is 19.1. The van der Waals surface area contributed by atoms with Gasteiger partial charge in [-0.25, -0.2) is 0 Å². The molecule has 0 bridgehead atoms. The standard InChI is InChI=1S/C27H57N2O2/c1-5-8-9-10-11-12-13-14-15-16-17-18-19-20-21-22-28-25(27(31)7-3)23-29-24(4)26(30)6-2/h24-31H,4-23H2,1-3H3. The molecule has 0 rings (SSSR count). The predicted octanol–water partition coefficient (Wildman–Crippen LogP) is 6.15. The molecule has 187 valence electrons. The number of rotatable bonds is 24. The van der Waals surface area contributed by atoms with Crippen LogP contribution in [0.15, 0.2) is 0 Å². The minimum absolute atomic E-state index is 0.0185. The summed E-state index contributed by atoms with van der Waals surface area (Å²) < 4.78 is 0. The molecule has 4 unspecified atom stereocenters. The first-order valence-electron chi connectivity index (χ1n) is 13.7. The predicted molar refractivity (Wildman–Crippen MR) is 136 cm³/mol. The Morgan fingerprint density at radius 3 is 1.42 bits per heavy atom. The molecule has 4 atom stereocenters. The van der Waals surface area contributed by atoms with Crippen molar-refractivity contribution in [3.63, 3.8) is 0 Å². The second-order valence-corrected chi connectivity index (χ2v) is 9.48. The SMILES string of the molecule is [CH2]C(NCC(NCCCCCCCCCCCCCCCCC)C(O)CC)C(O)CC. The third-order valence-corrected chi connectivity index (χ3v) is 6.55. The van der Waals surface area contributed by atoms with Crippen molar-refractivity contribution in [3.8, 4) is 0 Å². The van der Waals surface area contributed by atoms with E-state index in [1.807, 2.05) is 13.8 Å². The number of nitrogens with one attached hydrogen (secondary N) is 2. The molecule has 0 aliphatic carbocycles. The Hall–Kier alpha value is -0.160. The maximum Gasteiger partial charge on any atom is 0.0703 e. The number of unbranched alkanes of at least 4 members (excludes halogenated alkanes) is 14. The first-order valence-corrected chi connectivity index (χ1v) is 13.7. The highest BCUT2D eigenvalue weighted by Crippen LogP contribution is 2.13. The van der Waals surface area contributed by atoms with Crippen molar-refractivity contribution in [2.75, 3.05) is 13.1 Å². The van der Waals surface area contributed by atoms with E-state index in [1.165, 1.54) is 89.9 Å². The van der Waals surface area contributed by atoms with E-state index in [4.69, 9.17) is 0 Å². The van der Waals surface area contributed by atoms with Crippen LogP contribution in [0.4, 0.5) is 0 Å². The zero-order valence-corrected chi connectivity index (χ0v) is 21.3. The molecule has 0 aliphatic rings. The van der Waals surface area contributed by atoms with Crippen LogP contribution in [0, 0.1) is 6.92 Å². The van der Waals surface area contributed by atoms with Crippen molar-refractivity contribution < 1.29 is 10.2 Å². The second-order valence-electron chi connectivity index (χ2n) is 9.48. The fourth-order valence-corrected chi connectivity index (χ4v) is 4.11. The molecule has 4 nitrogen and oxygen atoms in total. The summed E-state index contributed by atoms with van der Waals surface area (Å²) in [7, 11) is 0. The van der Waals surface area contributed by atoms with Gasteiger partial charge in [0, 0.05) is 18.6 Å². The van der Waals surface area contributed by atoms with Gasteiger partial charge in [0.05, 0.1) is 12.2 Å². The van der Waals surface area contributed by atoms with E-state index in [2.05, 4.69) is 24.5 Å². The van der Waals surface area contributed by atoms with Gasteiger partial charge in [-0.15, -0.1) is 0 Å². The first-order chi connectivity index (χ1) is 15.1. The van der Waals surface area contributed by atoms with Gasteiger partial charge in [-0.1, -0.05) is 111 Å². The smallest absolute Gasteiger partial charge is 0.0703 e. The quantitative estimate of drug-likeness (QED) is 0.136. The summed E-state index contributed by atoms with van der Waals surface area (Å²) in [6.45, 7) is 11.8. The van der Waals surface area contributed by atoms with Crippen molar-refractivity contribution in [1.29, 1.82) is 0 Å². The monoisotopic (exact) mass is 441 g/mol. The van der Waals surface area contributed by atoms with Crippen molar-refractivity contribution in [2.45, 2.75) is 154 Å². The summed E-state index contributed by atoms with van der Waals surface area (Å²) in [5.41, 5.74) is 0. The number of aliphatic hydroxyl groups is 2. The van der Waals surface area contributed by atoms with Crippen molar-refractivity contribution >= 4 is 0 Å². The zero-order chi connectivity index (χ0) is 23.2. The van der Waals surface area contributed by atoms with Gasteiger partial charge in [-0.2, -0.15) is 0 Å². The van der Waals surface area contributed by atoms with Crippen LogP contribution in [-0.2, 0) is 0 Å². The van der Waals surface area contributed by atoms with Crippen LogP contribution in [-0.4, -0.2) is 47.6 Å². The van der Waals surface area contributed by atoms with Gasteiger partial charge < -0.3 is 20.8 Å². The zero-order valence-electron chi connectivity index (χ0n) is 21.3. The Morgan fingerprint density at radius 1 is 0.581 bits per heavy atom. The number of hydrogen-bond acceptors (Lipinski definition) is 4. The molecule has 0 aromatic carbocycles. The summed E-state index contributed by atoms with van der Waals surface area (Å²) in [5.74, 6) is 0. The van der Waals surface area contributed by atoms with Gasteiger partial charge >= 0.3 is 0 Å². The molecule has 0 fully saturated rings. The van der Waals surface area contributed by atoms with E-state index in [0.717, 1.165) is 19.4 Å². The molecule has 1 radical (unpaired) electrons. The maximum atomic E-state index is 10.3. The summed E-state index contributed by atoms with van der Waals surface area (Å²) in [5, 5.41) is 26.9. The van der Waals surface area contributed by atoms with E-state index in [1.54, 1.807) is 0 Å². The van der Waals surface area contributed by atoms with E-state index < -0.39 is 6.10 Å². The summed E-state index contributed by atoms with van der Waals surface area (Å²) in [6.07, 6.45) is 21.3. The summed E-state index contributed by atoms with van der Waals surface area (Å²) in [6, 6.07) is -0.172. The van der Waals surface area contributed by atoms with Gasteiger partial charge in [-0.3, -0.25) is 0 Å². The molecular formula is C27H57N2O2. The molecule has 4 heteroatoms. The first kappa shape index (κ1) is 30.8. The maximum absolute atomic E-state index is 10.3. The fourth-order valence-electron chi connectivity index (χ4n) is 4.11. The van der Waals surface area contributed by atoms with Crippen LogP contribution in [0.1, 0.15) is 130 Å². The molecular weight excluding hydrogens is 384 g/mol. The second kappa shape index (κ2) is 23.0. The van der Waals surface area contributed by atoms with Crippen LogP contribution >= 0.6 is 0 Å². The molecule has 31 heavy (non-hydrogen) atoms. The lowest BCUT2D eigenvalue weighted by molar-refractivity contribution is 0.108. The number of hydrogen-bond donors (Lipinski definition) is 4. The van der Waals surface area contributed by atoms with Crippen molar-refractivity contribution in [1.82, 2.24) is 10.6 Å². The van der Waals surface area contributed by atoms with E-state index in [9.17, 15) is 10.2 Å². The highest BCUT2D eigenvalue weighted by atomic mass is 16.3. The fraction of sp³-hybridized carbons (Fsp3) is 0.963. The normalized spacial score (nSPS) is 15.7. The Morgan fingerprint density at radius 2 is 1.00 bits per heavy atom. The van der Waals surface area contributed by atoms with Gasteiger partial charge in [0.2, 0.25) is 0 Å². The Kier molecular flexibility index (Phi) is 22.9. The lowest BCUT2D eigenvalue weighted by atomic mass is 10.0. The molecule has 0 saturated heterocycles. The Bertz CT molecular complexity index is 354. The molecule has 0 heterocycles. The van der Waals surface area contributed by atoms with Gasteiger partial charge in [-0.05, 0) is 32.7 Å². The van der Waals surface area contributed by atoms with Crippen LogP contribution in [0.3, 0.4) is 0 Å². The Balaban J connectivity index is 3.56. The van der Waals surface area contributed by atoms with E-state index in [-0.39, 0.29) is 18.2 Å². The average Bonchev–Trinajstić information content (AvgIpc) is 2.79. The molecule has 0 aliphatic heterocycles. The molecule has 4 N–H and O–H groups in total. The molecule has 0 saturated carbocycles. The lowest BCUT2D eigenvalue weighted by Crippen LogP contribution is -2.50. The molecule has 0 aromatic rings. The molecule has 0 aromatic heterocycles. The topological polar surface area (TPSA) is 64.5 Å². The highest BCUT2D eigenvalue weighted by Gasteiger charge is 2.19. The average molecular weight is 442 g/mol. The van der Waals surface area contributed by atoms with Gasteiger partial charge in [0.1, 0.15) is 0 Å². The van der Waals surface area contributed by atoms with Crippen LogP contribution in [0.25, 0.3) is 0 Å². The minimum atomic E-state index is -0.435. The summed E-state index contributed by atoms with van der Waals surface area (Å²) >= 11 is 0. The molecule has 0 spiro atoms. The largest absolute Gasteiger partial charge is 0.392 e. The van der Waals surface area contributed by atoms with Crippen LogP contribution < -0.4 is 10.6 Å².